The molecule has 7 nitrogen and oxygen atoms in total. The van der Waals surface area contributed by atoms with Gasteiger partial charge in [0.15, 0.2) is 0 Å². The van der Waals surface area contributed by atoms with E-state index in [1.807, 2.05) is 30.0 Å². The molecular formula is C21H30N4O3. The highest BCUT2D eigenvalue weighted by molar-refractivity contribution is 5.93. The van der Waals surface area contributed by atoms with Gasteiger partial charge >= 0.3 is 0 Å². The molecule has 4 atom stereocenters. The highest BCUT2D eigenvalue weighted by Crippen LogP contribution is 2.52. The van der Waals surface area contributed by atoms with E-state index in [0.29, 0.717) is 19.0 Å². The maximum Gasteiger partial charge on any atom is 0.230 e. The van der Waals surface area contributed by atoms with Gasteiger partial charge in [0, 0.05) is 19.3 Å². The summed E-state index contributed by atoms with van der Waals surface area (Å²) in [6.07, 6.45) is 5.78. The smallest absolute Gasteiger partial charge is 0.230 e. The Morgan fingerprint density at radius 3 is 2.86 bits per heavy atom. The van der Waals surface area contributed by atoms with Crippen LogP contribution in [0.1, 0.15) is 38.1 Å². The number of hydrogen-bond donors (Lipinski definition) is 1. The van der Waals surface area contributed by atoms with E-state index in [9.17, 15) is 9.59 Å². The molecule has 0 saturated carbocycles. The molecule has 2 amide bonds. The summed E-state index contributed by atoms with van der Waals surface area (Å²) in [7, 11) is 1.77. The number of nitrogens with zero attached hydrogens (tertiary/aromatic N) is 3. The van der Waals surface area contributed by atoms with Crippen molar-refractivity contribution in [2.24, 2.45) is 17.8 Å². The van der Waals surface area contributed by atoms with Crippen molar-refractivity contribution in [2.75, 3.05) is 20.1 Å². The van der Waals surface area contributed by atoms with Crippen LogP contribution < -0.4 is 0 Å². The summed E-state index contributed by atoms with van der Waals surface area (Å²) in [5.41, 5.74) is 1.15. The highest BCUT2D eigenvalue weighted by Gasteiger charge is 2.67. The molecule has 2 bridgehead atoms. The lowest BCUT2D eigenvalue weighted by Crippen LogP contribution is -2.44. The lowest BCUT2D eigenvalue weighted by molar-refractivity contribution is -0.143. The topological polar surface area (TPSA) is 78.5 Å². The number of aromatic nitrogens is 2. The van der Waals surface area contributed by atoms with Gasteiger partial charge < -0.3 is 14.5 Å². The molecule has 0 aliphatic carbocycles. The molecule has 3 aliphatic heterocycles. The Hall–Kier alpha value is -2.15. The van der Waals surface area contributed by atoms with Gasteiger partial charge in [0.25, 0.3) is 0 Å². The van der Waals surface area contributed by atoms with Crippen molar-refractivity contribution in [3.63, 3.8) is 0 Å². The van der Waals surface area contributed by atoms with Gasteiger partial charge in [-0.25, -0.2) is 0 Å². The van der Waals surface area contributed by atoms with E-state index in [-0.39, 0.29) is 17.9 Å². The van der Waals surface area contributed by atoms with Gasteiger partial charge in [-0.1, -0.05) is 38.8 Å². The van der Waals surface area contributed by atoms with E-state index < -0.39 is 17.4 Å². The number of carbonyl (C=O) groups excluding carboxylic acids is 2. The van der Waals surface area contributed by atoms with Crippen LogP contribution in [0.15, 0.2) is 18.2 Å². The van der Waals surface area contributed by atoms with Crippen molar-refractivity contribution in [1.29, 1.82) is 0 Å². The first-order valence-corrected chi connectivity index (χ1v) is 10.3. The number of H-pyrrole nitrogens is 1. The van der Waals surface area contributed by atoms with Gasteiger partial charge in [-0.05, 0) is 18.9 Å². The van der Waals surface area contributed by atoms with Gasteiger partial charge in [-0.3, -0.25) is 14.7 Å². The Bertz CT molecular complexity index is 799. The molecule has 4 rings (SSSR count). The minimum absolute atomic E-state index is 0.0420. The number of ether oxygens (including phenoxy) is 1. The van der Waals surface area contributed by atoms with Crippen LogP contribution in [0.2, 0.25) is 0 Å². The summed E-state index contributed by atoms with van der Waals surface area (Å²) in [5.74, 6) is -0.345. The van der Waals surface area contributed by atoms with Crippen LogP contribution in [0.3, 0.4) is 0 Å². The van der Waals surface area contributed by atoms with Crippen LogP contribution >= 0.6 is 0 Å². The second kappa shape index (κ2) is 7.03. The number of nitrogens with one attached hydrogen (secondary N) is 1. The first kappa shape index (κ1) is 19.2. The molecule has 4 heterocycles. The zero-order valence-corrected chi connectivity index (χ0v) is 17.1. The summed E-state index contributed by atoms with van der Waals surface area (Å²) in [4.78, 5) is 30.1. The van der Waals surface area contributed by atoms with E-state index in [2.05, 4.69) is 24.0 Å². The van der Waals surface area contributed by atoms with Gasteiger partial charge in [0.1, 0.15) is 5.60 Å². The summed E-state index contributed by atoms with van der Waals surface area (Å²) in [5, 5.41) is 7.12. The third kappa shape index (κ3) is 2.96. The second-order valence-corrected chi connectivity index (χ2v) is 8.54. The predicted molar refractivity (Wildman–Crippen MR) is 104 cm³/mol. The Labute approximate surface area is 166 Å². The largest absolute Gasteiger partial charge is 0.360 e. The fraction of sp³-hybridized carbons (Fsp3) is 0.667. The second-order valence-electron chi connectivity index (χ2n) is 8.54. The summed E-state index contributed by atoms with van der Waals surface area (Å²) >= 11 is 0. The fourth-order valence-electron chi connectivity index (χ4n) is 5.00. The molecule has 7 heteroatoms. The fourth-order valence-corrected chi connectivity index (χ4v) is 5.00. The molecule has 0 radical (unpaired) electrons. The van der Waals surface area contributed by atoms with Crippen LogP contribution in [0.4, 0.5) is 0 Å². The molecular weight excluding hydrogens is 356 g/mol. The third-order valence-corrected chi connectivity index (χ3v) is 6.63. The molecule has 1 aromatic rings. The molecule has 1 spiro atoms. The lowest BCUT2D eigenvalue weighted by atomic mass is 9.76. The summed E-state index contributed by atoms with van der Waals surface area (Å²) in [6, 6.07) is 1.93. The molecule has 152 valence electrons. The zero-order chi connectivity index (χ0) is 20.1. The molecule has 1 aromatic heterocycles. The van der Waals surface area contributed by atoms with Crippen molar-refractivity contribution >= 4 is 11.8 Å². The number of hydrogen-bond acceptors (Lipinski definition) is 4. The Balaban J connectivity index is 1.52. The maximum absolute atomic E-state index is 13.3. The highest BCUT2D eigenvalue weighted by atomic mass is 16.5. The standard InChI is InChI=1S/C21H30N4O3/c1-5-14(6-2)10-25-12-21-8-7-16(28-21)17(18(21)20(25)27)19(26)24(4)11-15-9-13(3)22-23-15/h7-9,14,16-18H,5-6,10-12H2,1-4H3,(H,22,23)/t16-,17?,18?,21-/m1/s1. The maximum atomic E-state index is 13.3. The van der Waals surface area contributed by atoms with Gasteiger partial charge in [0.2, 0.25) is 11.8 Å². The number of fused-ring (bicyclic) bond motifs is 1. The average molecular weight is 386 g/mol. The predicted octanol–water partition coefficient (Wildman–Crippen LogP) is 1.89. The van der Waals surface area contributed by atoms with E-state index >= 15 is 0 Å². The average Bonchev–Trinajstić information content (AvgIpc) is 3.41. The van der Waals surface area contributed by atoms with Crippen LogP contribution in [-0.4, -0.2) is 63.7 Å². The zero-order valence-electron chi connectivity index (χ0n) is 17.1. The monoisotopic (exact) mass is 386 g/mol. The van der Waals surface area contributed by atoms with E-state index in [1.54, 1.807) is 11.9 Å². The van der Waals surface area contributed by atoms with Gasteiger partial charge in [0.05, 0.1) is 36.7 Å². The molecule has 3 aliphatic rings. The van der Waals surface area contributed by atoms with Crippen LogP contribution in [0.5, 0.6) is 0 Å². The van der Waals surface area contributed by atoms with Crippen molar-refractivity contribution in [3.05, 3.63) is 29.6 Å². The van der Waals surface area contributed by atoms with Crippen molar-refractivity contribution < 1.29 is 14.3 Å². The molecule has 2 unspecified atom stereocenters. The number of rotatable bonds is 7. The molecule has 2 fully saturated rings. The Morgan fingerprint density at radius 2 is 2.21 bits per heavy atom. The number of aryl methyl sites for hydroxylation is 1. The molecule has 2 saturated heterocycles. The Kier molecular flexibility index (Phi) is 4.81. The number of carbonyl (C=O) groups is 2. The number of amides is 2. The quantitative estimate of drug-likeness (QED) is 0.726. The lowest BCUT2D eigenvalue weighted by Gasteiger charge is -2.27. The minimum Gasteiger partial charge on any atom is -0.360 e. The molecule has 28 heavy (non-hydrogen) atoms. The number of aromatic amines is 1. The minimum atomic E-state index is -0.627. The number of likely N-dealkylation sites (tertiary alicyclic amines) is 1. The van der Waals surface area contributed by atoms with E-state index in [4.69, 9.17) is 4.74 Å². The normalized spacial score (nSPS) is 30.5. The summed E-state index contributed by atoms with van der Waals surface area (Å²) < 4.78 is 6.23. The first-order valence-electron chi connectivity index (χ1n) is 10.3. The van der Waals surface area contributed by atoms with Gasteiger partial charge in [-0.15, -0.1) is 0 Å². The first-order chi connectivity index (χ1) is 13.4. The van der Waals surface area contributed by atoms with Crippen LogP contribution in [0.25, 0.3) is 0 Å². The third-order valence-electron chi connectivity index (χ3n) is 6.63. The van der Waals surface area contributed by atoms with Gasteiger partial charge in [-0.2, -0.15) is 5.10 Å². The summed E-state index contributed by atoms with van der Waals surface area (Å²) in [6.45, 7) is 7.98. The molecule has 1 N–H and O–H groups in total. The van der Waals surface area contributed by atoms with Crippen molar-refractivity contribution in [1.82, 2.24) is 20.0 Å². The van der Waals surface area contributed by atoms with Crippen LogP contribution in [-0.2, 0) is 20.9 Å². The molecule has 0 aromatic carbocycles. The van der Waals surface area contributed by atoms with E-state index in [0.717, 1.165) is 30.8 Å². The van der Waals surface area contributed by atoms with Crippen LogP contribution in [0, 0.1) is 24.7 Å². The SMILES string of the molecule is CCC(CC)CN1C[C@@]23C=C[C@@H](O2)C(C(=O)N(C)Cc2cc(C)[nH]n2)C3C1=O. The Morgan fingerprint density at radius 1 is 1.46 bits per heavy atom. The van der Waals surface area contributed by atoms with Crippen molar-refractivity contribution in [2.45, 2.75) is 51.9 Å². The van der Waals surface area contributed by atoms with Crippen molar-refractivity contribution in [3.8, 4) is 0 Å². The van der Waals surface area contributed by atoms with E-state index in [1.165, 1.54) is 0 Å².